The molecule has 41 heavy (non-hydrogen) atoms. The van der Waals surface area contributed by atoms with Gasteiger partial charge in [-0.3, -0.25) is 23.5 Å². The van der Waals surface area contributed by atoms with Crippen LogP contribution >= 0.6 is 23.2 Å². The zero-order valence-corrected chi connectivity index (χ0v) is 24.3. The third-order valence-electron chi connectivity index (χ3n) is 6.49. The van der Waals surface area contributed by atoms with Crippen molar-refractivity contribution in [3.05, 3.63) is 130 Å². The Bertz CT molecular complexity index is 1860. The summed E-state index contributed by atoms with van der Waals surface area (Å²) >= 11 is 12.5. The molecule has 4 rings (SSSR count). The first-order valence-corrected chi connectivity index (χ1v) is 13.6. The first-order valence-electron chi connectivity index (χ1n) is 12.8. The number of nitrogens with one attached hydrogen (secondary N) is 1. The average Bonchev–Trinajstić information content (AvgIpc) is 2.94. The predicted octanol–water partition coefficient (Wildman–Crippen LogP) is 4.30. The monoisotopic (exact) mass is 590 g/mol. The number of benzene rings is 2. The van der Waals surface area contributed by atoms with Crippen LogP contribution in [0.25, 0.3) is 0 Å². The van der Waals surface area contributed by atoms with Crippen LogP contribution in [0.3, 0.4) is 0 Å². The lowest BCUT2D eigenvalue weighted by Gasteiger charge is -2.13. The van der Waals surface area contributed by atoms with E-state index in [1.165, 1.54) is 11.6 Å². The first kappa shape index (κ1) is 29.7. The molecule has 1 N–H and O–H groups in total. The van der Waals surface area contributed by atoms with Gasteiger partial charge in [0.15, 0.2) is 0 Å². The van der Waals surface area contributed by atoms with Gasteiger partial charge < -0.3 is 9.88 Å². The predicted molar refractivity (Wildman–Crippen MR) is 162 cm³/mol. The maximum atomic E-state index is 12.8. The van der Waals surface area contributed by atoms with Gasteiger partial charge in [0.1, 0.15) is 10.8 Å². The quantitative estimate of drug-likeness (QED) is 0.256. The van der Waals surface area contributed by atoms with Gasteiger partial charge in [-0.05, 0) is 49.6 Å². The molecular weight excluding hydrogens is 563 g/mol. The molecule has 0 aliphatic carbocycles. The smallest absolute Gasteiger partial charge is 0.319 e. The lowest BCUT2D eigenvalue weighted by Crippen LogP contribution is -2.40. The molecule has 2 aromatic heterocycles. The number of rotatable bonds is 7. The minimum Gasteiger partial charge on any atom is -0.319 e. The van der Waals surface area contributed by atoms with Crippen molar-refractivity contribution in [1.29, 1.82) is 0 Å². The highest BCUT2D eigenvalue weighted by molar-refractivity contribution is 6.32. The number of pyridine rings is 1. The molecule has 0 spiro atoms. The van der Waals surface area contributed by atoms with Crippen molar-refractivity contribution in [2.24, 2.45) is 7.05 Å². The molecule has 0 aliphatic heterocycles. The number of aryl methyl sites for hydroxylation is 3. The molecule has 0 fully saturated rings. The van der Waals surface area contributed by atoms with Crippen molar-refractivity contribution >= 4 is 34.8 Å². The molecule has 0 bridgehead atoms. The number of hydrogen-bond donors (Lipinski definition) is 1. The van der Waals surface area contributed by atoms with E-state index in [0.717, 1.165) is 25.8 Å². The van der Waals surface area contributed by atoms with E-state index in [1.807, 2.05) is 49.4 Å². The van der Waals surface area contributed by atoms with Crippen molar-refractivity contribution in [2.45, 2.75) is 39.8 Å². The van der Waals surface area contributed by atoms with Gasteiger partial charge in [0.05, 0.1) is 18.1 Å². The first-order chi connectivity index (χ1) is 19.5. The van der Waals surface area contributed by atoms with Crippen LogP contribution in [-0.4, -0.2) is 19.6 Å². The molecule has 0 unspecified atom stereocenters. The fourth-order valence-corrected chi connectivity index (χ4v) is 4.76. The van der Waals surface area contributed by atoms with Crippen molar-refractivity contribution in [1.82, 2.24) is 13.7 Å². The van der Waals surface area contributed by atoms with E-state index in [0.29, 0.717) is 29.1 Å². The summed E-state index contributed by atoms with van der Waals surface area (Å²) in [5, 5.41) is 2.85. The van der Waals surface area contributed by atoms with Gasteiger partial charge >= 0.3 is 5.69 Å². The summed E-state index contributed by atoms with van der Waals surface area (Å²) in [7, 11) is 1.32. The Morgan fingerprint density at radius 2 is 1.68 bits per heavy atom. The second-order valence-corrected chi connectivity index (χ2v) is 10.5. The normalized spacial score (nSPS) is 10.7. The lowest BCUT2D eigenvalue weighted by atomic mass is 10.1. The Morgan fingerprint density at radius 1 is 0.951 bits per heavy atom. The minimum atomic E-state index is -0.702. The van der Waals surface area contributed by atoms with Gasteiger partial charge in [-0.25, -0.2) is 4.79 Å². The van der Waals surface area contributed by atoms with Gasteiger partial charge in [0.2, 0.25) is 5.91 Å². The molecule has 10 heteroatoms. The highest BCUT2D eigenvalue weighted by Crippen LogP contribution is 2.16. The van der Waals surface area contributed by atoms with E-state index in [1.54, 1.807) is 25.3 Å². The maximum Gasteiger partial charge on any atom is 0.332 e. The molecule has 2 aromatic carbocycles. The molecule has 1 amide bonds. The second kappa shape index (κ2) is 12.9. The average molecular weight is 591 g/mol. The largest absolute Gasteiger partial charge is 0.332 e. The van der Waals surface area contributed by atoms with E-state index < -0.39 is 17.2 Å². The van der Waals surface area contributed by atoms with E-state index >= 15 is 0 Å². The van der Waals surface area contributed by atoms with E-state index in [-0.39, 0.29) is 29.4 Å². The number of hydrogen-bond acceptors (Lipinski definition) is 4. The topological polar surface area (TPSA) is 95.1 Å². The summed E-state index contributed by atoms with van der Waals surface area (Å²) in [6.07, 6.45) is 2.21. The Balaban J connectivity index is 1.51. The van der Waals surface area contributed by atoms with E-state index in [4.69, 9.17) is 23.2 Å². The molecule has 0 saturated heterocycles. The minimum absolute atomic E-state index is 0.116. The van der Waals surface area contributed by atoms with Crippen molar-refractivity contribution in [3.8, 4) is 11.8 Å². The zero-order valence-electron chi connectivity index (χ0n) is 22.8. The van der Waals surface area contributed by atoms with E-state index in [2.05, 4.69) is 17.2 Å². The van der Waals surface area contributed by atoms with Crippen molar-refractivity contribution < 1.29 is 4.79 Å². The number of aromatic nitrogens is 3. The number of halogens is 2. The fourth-order valence-electron chi connectivity index (χ4n) is 4.22. The molecule has 0 radical (unpaired) electrons. The summed E-state index contributed by atoms with van der Waals surface area (Å²) in [6, 6.07) is 16.8. The summed E-state index contributed by atoms with van der Waals surface area (Å²) in [4.78, 5) is 50.6. The van der Waals surface area contributed by atoms with Gasteiger partial charge in [0, 0.05) is 30.8 Å². The molecule has 2 heterocycles. The van der Waals surface area contributed by atoms with Crippen LogP contribution in [-0.2, 0) is 31.4 Å². The van der Waals surface area contributed by atoms with Crippen LogP contribution < -0.4 is 22.1 Å². The van der Waals surface area contributed by atoms with E-state index in [9.17, 15) is 19.2 Å². The highest BCUT2D eigenvalue weighted by Gasteiger charge is 2.18. The number of carbonyl (C=O) groups excluding carboxylic acids is 1. The summed E-state index contributed by atoms with van der Waals surface area (Å²) in [5.41, 5.74) is 2.50. The number of carbonyl (C=O) groups is 1. The van der Waals surface area contributed by atoms with Gasteiger partial charge in [-0.2, -0.15) is 0 Å². The van der Waals surface area contributed by atoms with Crippen LogP contribution in [0, 0.1) is 25.7 Å². The van der Waals surface area contributed by atoms with Crippen LogP contribution in [0.4, 0.5) is 5.69 Å². The van der Waals surface area contributed by atoms with Crippen molar-refractivity contribution in [3.63, 3.8) is 0 Å². The number of nitrogens with zero attached hydrogens (tertiary/aromatic N) is 3. The Kier molecular flexibility index (Phi) is 9.33. The Labute approximate surface area is 246 Å². The van der Waals surface area contributed by atoms with Gasteiger partial charge in [-0.1, -0.05) is 77.0 Å². The molecule has 0 aliphatic rings. The highest BCUT2D eigenvalue weighted by atomic mass is 35.5. The SMILES string of the molecule is Cc1ccc(CCC(=O)Nc2c(Cl)n(CC#Cc3cccc(Cn4cc(Cl)cc(C)c4=O)c3)c(=O)n(C)c2=O)cc1. The van der Waals surface area contributed by atoms with Crippen LogP contribution in [0.5, 0.6) is 0 Å². The molecular formula is C31H28Cl2N4O4. The maximum absolute atomic E-state index is 12.8. The van der Waals surface area contributed by atoms with Gasteiger partial charge in [0.25, 0.3) is 11.1 Å². The fraction of sp³-hybridized carbons (Fsp3) is 0.226. The Morgan fingerprint density at radius 3 is 2.41 bits per heavy atom. The molecule has 8 nitrogen and oxygen atoms in total. The third-order valence-corrected chi connectivity index (χ3v) is 7.09. The number of anilines is 1. The Hall–Kier alpha value is -4.32. The lowest BCUT2D eigenvalue weighted by molar-refractivity contribution is -0.116. The third kappa shape index (κ3) is 7.26. The summed E-state index contributed by atoms with van der Waals surface area (Å²) in [6.45, 7) is 3.89. The molecule has 0 saturated carbocycles. The number of amides is 1. The summed E-state index contributed by atoms with van der Waals surface area (Å²) < 4.78 is 3.54. The second-order valence-electron chi connectivity index (χ2n) is 9.71. The van der Waals surface area contributed by atoms with Crippen LogP contribution in [0.1, 0.15) is 34.2 Å². The summed E-state index contributed by atoms with van der Waals surface area (Å²) in [5.74, 6) is 5.50. The molecule has 0 atom stereocenters. The van der Waals surface area contributed by atoms with Crippen LogP contribution in [0.15, 0.2) is 75.2 Å². The molecule has 210 valence electrons. The van der Waals surface area contributed by atoms with Crippen LogP contribution in [0.2, 0.25) is 10.2 Å². The standard InChI is InChI=1S/C31H28Cl2N4O4/c1-20-9-11-22(12-10-20)13-14-26(38)34-27-28(33)37(31(41)35(3)30(27)40)15-5-8-23-6-4-7-24(17-23)18-36-19-25(32)16-21(2)29(36)39/h4,6-7,9-12,16-17,19H,13-15,18H2,1-3H3,(H,34,38). The van der Waals surface area contributed by atoms with Gasteiger partial charge in [-0.15, -0.1) is 0 Å². The molecule has 4 aromatic rings. The van der Waals surface area contributed by atoms with Crippen molar-refractivity contribution in [2.75, 3.05) is 5.32 Å². The zero-order chi connectivity index (χ0) is 29.7.